The van der Waals surface area contributed by atoms with Crippen LogP contribution in [0.25, 0.3) is 0 Å². The van der Waals surface area contributed by atoms with Gasteiger partial charge in [0.25, 0.3) is 0 Å². The maximum Gasteiger partial charge on any atom is 0.201 e. The van der Waals surface area contributed by atoms with Crippen molar-refractivity contribution in [1.29, 1.82) is 0 Å². The fourth-order valence-electron chi connectivity index (χ4n) is 0.842. The van der Waals surface area contributed by atoms with Crippen LogP contribution in [0.15, 0.2) is 4.79 Å². The van der Waals surface area contributed by atoms with Gasteiger partial charge in [0, 0.05) is 0 Å². The largest absolute Gasteiger partial charge is 0.294 e. The van der Waals surface area contributed by atoms with E-state index in [1.54, 1.807) is 0 Å². The molecule has 0 heterocycles. The van der Waals surface area contributed by atoms with E-state index in [2.05, 4.69) is 0 Å². The molecule has 0 aromatic heterocycles. The number of ketones is 2. The highest BCUT2D eigenvalue weighted by atomic mass is 16.2. The second kappa shape index (κ2) is 1.87. The van der Waals surface area contributed by atoms with Gasteiger partial charge in [0.05, 0.1) is 11.1 Å². The predicted octanol–water partition coefficient (Wildman–Crippen LogP) is 0.328. The van der Waals surface area contributed by atoms with E-state index in [0.29, 0.717) is 0 Å². The topological polar surface area (TPSA) is 51.2 Å². The lowest BCUT2D eigenvalue weighted by Crippen LogP contribution is -1.87. The molecule has 0 spiro atoms. The lowest BCUT2D eigenvalue weighted by atomic mass is 10.3. The van der Waals surface area contributed by atoms with E-state index in [1.165, 1.54) is 13.8 Å². The smallest absolute Gasteiger partial charge is 0.201 e. The van der Waals surface area contributed by atoms with Crippen molar-refractivity contribution in [3.05, 3.63) is 21.4 Å². The summed E-state index contributed by atoms with van der Waals surface area (Å²) in [5.41, 5.74) is -0.194. The molecule has 10 heavy (non-hydrogen) atoms. The van der Waals surface area contributed by atoms with Crippen LogP contribution in [0.5, 0.6) is 0 Å². The summed E-state index contributed by atoms with van der Waals surface area (Å²) in [6.45, 7) is 2.56. The molecule has 1 aromatic carbocycles. The van der Waals surface area contributed by atoms with Crippen LogP contribution in [0.2, 0.25) is 0 Å². The average molecular weight is 138 g/mol. The van der Waals surface area contributed by atoms with Gasteiger partial charge in [-0.1, -0.05) is 0 Å². The van der Waals surface area contributed by atoms with Crippen molar-refractivity contribution in [3.8, 4) is 0 Å². The van der Waals surface area contributed by atoms with Crippen LogP contribution in [0.1, 0.15) is 34.6 Å². The molecule has 0 saturated carbocycles. The van der Waals surface area contributed by atoms with Crippen LogP contribution in [-0.4, -0.2) is 11.6 Å². The SMILES string of the molecule is CC(=O)c1c(C(C)=O)c1=O. The van der Waals surface area contributed by atoms with E-state index in [4.69, 9.17) is 0 Å². The standard InChI is InChI=1S/C7H6O3/c1-3(8)5-6(4(2)9)7(5)10/h1-2H3. The molecular weight excluding hydrogens is 132 g/mol. The highest BCUT2D eigenvalue weighted by molar-refractivity contribution is 6.13. The minimum Gasteiger partial charge on any atom is -0.294 e. The average Bonchev–Trinajstić information content (AvgIpc) is 2.40. The molecule has 0 unspecified atom stereocenters. The normalized spacial score (nSPS) is 10.2. The number of Topliss-reactive ketones (excluding diaryl/α,β-unsaturated/α-hetero) is 2. The van der Waals surface area contributed by atoms with Gasteiger partial charge in [-0.2, -0.15) is 0 Å². The molecule has 0 aliphatic heterocycles. The summed E-state index contributed by atoms with van der Waals surface area (Å²) in [6.07, 6.45) is 0. The number of hydrogen-bond acceptors (Lipinski definition) is 3. The molecule has 0 atom stereocenters. The van der Waals surface area contributed by atoms with Crippen molar-refractivity contribution in [2.45, 2.75) is 13.8 Å². The Balaban J connectivity index is 3.02. The quantitative estimate of drug-likeness (QED) is 0.553. The molecule has 0 aliphatic rings. The van der Waals surface area contributed by atoms with Gasteiger partial charge in [-0.15, -0.1) is 0 Å². The van der Waals surface area contributed by atoms with Gasteiger partial charge in [0.15, 0.2) is 11.6 Å². The Morgan fingerprint density at radius 2 is 1.30 bits per heavy atom. The highest BCUT2D eigenvalue weighted by Gasteiger charge is 2.28. The third-order valence-corrected chi connectivity index (χ3v) is 1.35. The molecule has 0 aliphatic carbocycles. The third-order valence-electron chi connectivity index (χ3n) is 1.35. The van der Waals surface area contributed by atoms with E-state index in [0.717, 1.165) is 0 Å². The van der Waals surface area contributed by atoms with Crippen molar-refractivity contribution >= 4 is 11.6 Å². The fraction of sp³-hybridized carbons (Fsp3) is 0.286. The van der Waals surface area contributed by atoms with Crippen LogP contribution in [0.3, 0.4) is 0 Å². The summed E-state index contributed by atoms with van der Waals surface area (Å²) in [6, 6.07) is 0. The van der Waals surface area contributed by atoms with Crippen molar-refractivity contribution in [1.82, 2.24) is 0 Å². The first-order chi connectivity index (χ1) is 4.55. The Bertz CT molecular complexity index is 284. The summed E-state index contributed by atoms with van der Waals surface area (Å²) in [5, 5.41) is 0. The Hall–Kier alpha value is -1.25. The van der Waals surface area contributed by atoms with Crippen molar-refractivity contribution in [2.75, 3.05) is 0 Å². The monoisotopic (exact) mass is 138 g/mol. The summed E-state index contributed by atoms with van der Waals surface area (Å²) < 4.78 is 0. The first-order valence-electron chi connectivity index (χ1n) is 2.86. The minimum atomic E-state index is -0.375. The fourth-order valence-corrected chi connectivity index (χ4v) is 0.842. The number of carbonyl (C=O) groups excluding carboxylic acids is 2. The van der Waals surface area contributed by atoms with Gasteiger partial charge in [-0.3, -0.25) is 14.4 Å². The zero-order valence-corrected chi connectivity index (χ0v) is 5.72. The Morgan fingerprint density at radius 1 is 1.00 bits per heavy atom. The van der Waals surface area contributed by atoms with Gasteiger partial charge in [0.1, 0.15) is 0 Å². The number of hydrogen-bond donors (Lipinski definition) is 0. The molecule has 0 amide bonds. The first-order valence-corrected chi connectivity index (χ1v) is 2.86. The van der Waals surface area contributed by atoms with Crippen LogP contribution < -0.4 is 5.43 Å². The van der Waals surface area contributed by atoms with Crippen LogP contribution >= 0.6 is 0 Å². The van der Waals surface area contributed by atoms with Crippen LogP contribution in [0, 0.1) is 0 Å². The second-order valence-electron chi connectivity index (χ2n) is 2.19. The van der Waals surface area contributed by atoms with Gasteiger partial charge in [-0.25, -0.2) is 0 Å². The first kappa shape index (κ1) is 6.86. The Labute approximate surface area is 57.3 Å². The molecule has 0 N–H and O–H groups in total. The van der Waals surface area contributed by atoms with Crippen LogP contribution in [0.4, 0.5) is 0 Å². The zero-order valence-electron chi connectivity index (χ0n) is 5.72. The maximum atomic E-state index is 10.6. The summed E-state index contributed by atoms with van der Waals surface area (Å²) in [4.78, 5) is 31.6. The van der Waals surface area contributed by atoms with Crippen molar-refractivity contribution in [2.24, 2.45) is 0 Å². The minimum absolute atomic E-state index is 0.0903. The predicted molar refractivity (Wildman–Crippen MR) is 35.1 cm³/mol. The molecule has 3 heteroatoms. The van der Waals surface area contributed by atoms with Gasteiger partial charge >= 0.3 is 0 Å². The molecule has 1 rings (SSSR count). The summed E-state index contributed by atoms with van der Waals surface area (Å²) in [7, 11) is 0. The third kappa shape index (κ3) is 0.795. The van der Waals surface area contributed by atoms with Gasteiger partial charge < -0.3 is 0 Å². The van der Waals surface area contributed by atoms with E-state index in [-0.39, 0.29) is 28.1 Å². The number of rotatable bonds is 2. The van der Waals surface area contributed by atoms with E-state index in [1.807, 2.05) is 0 Å². The Kier molecular flexibility index (Phi) is 1.28. The lowest BCUT2D eigenvalue weighted by molar-refractivity contribution is 0.0991. The second-order valence-corrected chi connectivity index (χ2v) is 2.19. The molecule has 0 radical (unpaired) electrons. The van der Waals surface area contributed by atoms with E-state index in [9.17, 15) is 14.4 Å². The molecule has 52 valence electrons. The number of carbonyl (C=O) groups is 2. The maximum absolute atomic E-state index is 10.6. The zero-order chi connectivity index (χ0) is 7.89. The molecule has 1 aromatic rings. The van der Waals surface area contributed by atoms with E-state index < -0.39 is 0 Å². The van der Waals surface area contributed by atoms with Gasteiger partial charge in [0.2, 0.25) is 5.43 Å². The van der Waals surface area contributed by atoms with E-state index >= 15 is 0 Å². The molecule has 3 nitrogen and oxygen atoms in total. The van der Waals surface area contributed by atoms with Gasteiger partial charge in [-0.05, 0) is 13.8 Å². The lowest BCUT2D eigenvalue weighted by Gasteiger charge is -1.74. The molecule has 0 bridgehead atoms. The highest BCUT2D eigenvalue weighted by Crippen LogP contribution is 2.09. The van der Waals surface area contributed by atoms with Crippen molar-refractivity contribution < 1.29 is 9.59 Å². The molecule has 0 saturated heterocycles. The molecule has 0 fully saturated rings. The Morgan fingerprint density at radius 3 is 1.40 bits per heavy atom. The van der Waals surface area contributed by atoms with Crippen molar-refractivity contribution in [3.63, 3.8) is 0 Å². The van der Waals surface area contributed by atoms with Crippen LogP contribution in [-0.2, 0) is 0 Å². The molecular formula is C7H6O3. The summed E-state index contributed by atoms with van der Waals surface area (Å²) in [5.74, 6) is -0.620. The summed E-state index contributed by atoms with van der Waals surface area (Å²) >= 11 is 0.